The normalized spacial score (nSPS) is 11.5. The number of rotatable bonds is 5. The lowest BCUT2D eigenvalue weighted by atomic mass is 10.1. The van der Waals surface area contributed by atoms with Crippen molar-refractivity contribution in [2.75, 3.05) is 13.6 Å². The van der Waals surface area contributed by atoms with Crippen LogP contribution in [0.1, 0.15) is 17.3 Å². The van der Waals surface area contributed by atoms with E-state index >= 15 is 0 Å². The molecule has 0 spiro atoms. The molecule has 8 heteroatoms. The maximum Gasteiger partial charge on any atom is 0.471 e. The molecule has 1 amide bonds. The number of alkyl halides is 3. The molecule has 0 unspecified atom stereocenters. The highest BCUT2D eigenvalue weighted by Crippen LogP contribution is 2.27. The number of carbonyl (C=O) groups excluding carboxylic acids is 1. The summed E-state index contributed by atoms with van der Waals surface area (Å²) in [5, 5.41) is 3.25. The van der Waals surface area contributed by atoms with E-state index in [0.29, 0.717) is 0 Å². The number of carbonyl (C=O) groups is 1. The van der Waals surface area contributed by atoms with Crippen molar-refractivity contribution in [2.45, 2.75) is 19.0 Å². The summed E-state index contributed by atoms with van der Waals surface area (Å²) in [5.41, 5.74) is 0.873. The number of halogens is 3. The molecule has 1 aromatic heterocycles. The number of hydrogen-bond donors (Lipinski definition) is 0. The molecule has 1 heterocycles. The number of likely N-dealkylation sites (N-methyl/N-ethyl adjacent to an activating group) is 1. The first-order valence-corrected chi connectivity index (χ1v) is 6.54. The van der Waals surface area contributed by atoms with E-state index in [4.69, 9.17) is 0 Å². The first-order chi connectivity index (χ1) is 10.4. The third-order valence-electron chi connectivity index (χ3n) is 3.01. The van der Waals surface area contributed by atoms with Gasteiger partial charge in [-0.25, -0.2) is 0 Å². The molecule has 0 aliphatic rings. The fourth-order valence-electron chi connectivity index (χ4n) is 1.77. The van der Waals surface area contributed by atoms with Gasteiger partial charge in [-0.1, -0.05) is 35.5 Å². The molecule has 0 saturated heterocycles. The summed E-state index contributed by atoms with van der Waals surface area (Å²) in [6, 6.07) is 9.19. The van der Waals surface area contributed by atoms with Crippen molar-refractivity contribution in [1.29, 1.82) is 0 Å². The average molecular weight is 313 g/mol. The molecule has 0 aliphatic carbocycles. The van der Waals surface area contributed by atoms with E-state index in [9.17, 15) is 18.0 Å². The maximum absolute atomic E-state index is 12.3. The van der Waals surface area contributed by atoms with E-state index < -0.39 is 12.1 Å². The smallest absolute Gasteiger partial charge is 0.345 e. The molecule has 2 aromatic rings. The summed E-state index contributed by atoms with van der Waals surface area (Å²) in [4.78, 5) is 16.7. The number of benzene rings is 1. The second-order valence-electron chi connectivity index (χ2n) is 4.74. The van der Waals surface area contributed by atoms with Gasteiger partial charge < -0.3 is 9.42 Å². The van der Waals surface area contributed by atoms with E-state index in [2.05, 4.69) is 14.7 Å². The molecule has 0 saturated carbocycles. The van der Waals surface area contributed by atoms with E-state index in [-0.39, 0.29) is 31.1 Å². The Morgan fingerprint density at radius 3 is 2.55 bits per heavy atom. The summed E-state index contributed by atoms with van der Waals surface area (Å²) in [5.74, 6) is -1.59. The Morgan fingerprint density at radius 1 is 1.27 bits per heavy atom. The Morgan fingerprint density at radius 2 is 1.95 bits per heavy atom. The Kier molecular flexibility index (Phi) is 4.79. The average Bonchev–Trinajstić information content (AvgIpc) is 2.94. The van der Waals surface area contributed by atoms with Crippen LogP contribution in [0.3, 0.4) is 0 Å². The van der Waals surface area contributed by atoms with Gasteiger partial charge in [0.1, 0.15) is 0 Å². The molecular formula is C14H14F3N3O2. The van der Waals surface area contributed by atoms with Crippen molar-refractivity contribution < 1.29 is 22.5 Å². The van der Waals surface area contributed by atoms with Crippen molar-refractivity contribution in [1.82, 2.24) is 15.0 Å². The van der Waals surface area contributed by atoms with Crippen LogP contribution < -0.4 is 0 Å². The molecule has 0 aliphatic heterocycles. The third kappa shape index (κ3) is 4.31. The molecule has 0 atom stereocenters. The zero-order valence-electron chi connectivity index (χ0n) is 11.8. The van der Waals surface area contributed by atoms with Gasteiger partial charge in [-0.15, -0.1) is 0 Å². The van der Waals surface area contributed by atoms with Gasteiger partial charge in [0, 0.05) is 20.0 Å². The van der Waals surface area contributed by atoms with Crippen LogP contribution in [0.25, 0.3) is 0 Å². The van der Waals surface area contributed by atoms with Gasteiger partial charge in [0.15, 0.2) is 5.82 Å². The third-order valence-corrected chi connectivity index (χ3v) is 3.01. The maximum atomic E-state index is 12.3. The Balaban J connectivity index is 1.86. The summed E-state index contributed by atoms with van der Waals surface area (Å²) < 4.78 is 41.1. The largest absolute Gasteiger partial charge is 0.471 e. The highest BCUT2D eigenvalue weighted by atomic mass is 19.4. The fraction of sp³-hybridized carbons (Fsp3) is 0.357. The van der Waals surface area contributed by atoms with Crippen molar-refractivity contribution in [3.8, 4) is 0 Å². The number of amides is 1. The Labute approximate surface area is 124 Å². The van der Waals surface area contributed by atoms with Crippen molar-refractivity contribution in [3.63, 3.8) is 0 Å². The second kappa shape index (κ2) is 6.59. The predicted molar refractivity (Wildman–Crippen MR) is 70.8 cm³/mol. The van der Waals surface area contributed by atoms with Crippen molar-refractivity contribution in [2.24, 2.45) is 0 Å². The number of nitrogens with zero attached hydrogens (tertiary/aromatic N) is 3. The molecule has 22 heavy (non-hydrogen) atoms. The molecule has 0 bridgehead atoms. The zero-order valence-corrected chi connectivity index (χ0v) is 11.8. The van der Waals surface area contributed by atoms with Gasteiger partial charge in [0.05, 0.1) is 6.42 Å². The molecule has 1 aromatic carbocycles. The molecule has 118 valence electrons. The van der Waals surface area contributed by atoms with Crippen LogP contribution in [0.4, 0.5) is 13.2 Å². The lowest BCUT2D eigenvalue weighted by molar-refractivity contribution is -0.159. The summed E-state index contributed by atoms with van der Waals surface area (Å²) >= 11 is 0. The van der Waals surface area contributed by atoms with Gasteiger partial charge in [0.2, 0.25) is 5.91 Å². The standard InChI is InChI=1S/C14H14F3N3O2/c1-20(12(21)9-10-5-3-2-4-6-10)8-7-11-18-13(22-19-11)14(15,16)17/h2-6H,7-9H2,1H3. The molecule has 0 N–H and O–H groups in total. The van der Waals surface area contributed by atoms with Crippen LogP contribution >= 0.6 is 0 Å². The van der Waals surface area contributed by atoms with E-state index in [1.54, 1.807) is 7.05 Å². The van der Waals surface area contributed by atoms with Gasteiger partial charge in [-0.2, -0.15) is 18.2 Å². The van der Waals surface area contributed by atoms with Crippen molar-refractivity contribution in [3.05, 3.63) is 47.6 Å². The van der Waals surface area contributed by atoms with Crippen LogP contribution in [-0.2, 0) is 23.8 Å². The number of aromatic nitrogens is 2. The van der Waals surface area contributed by atoms with Crippen LogP contribution in [-0.4, -0.2) is 34.5 Å². The SMILES string of the molecule is CN(CCc1noc(C(F)(F)F)n1)C(=O)Cc1ccccc1. The monoisotopic (exact) mass is 313 g/mol. The summed E-state index contributed by atoms with van der Waals surface area (Å²) in [6.45, 7) is 0.211. The molecular weight excluding hydrogens is 299 g/mol. The summed E-state index contributed by atoms with van der Waals surface area (Å²) in [7, 11) is 1.58. The Bertz CT molecular complexity index is 626. The van der Waals surface area contributed by atoms with Crippen LogP contribution in [0.2, 0.25) is 0 Å². The molecule has 0 fully saturated rings. The fourth-order valence-corrected chi connectivity index (χ4v) is 1.77. The molecule has 0 radical (unpaired) electrons. The Hall–Kier alpha value is -2.38. The van der Waals surface area contributed by atoms with E-state index in [1.807, 2.05) is 30.3 Å². The predicted octanol–water partition coefficient (Wildman–Crippen LogP) is 2.33. The van der Waals surface area contributed by atoms with Crippen LogP contribution in [0, 0.1) is 0 Å². The highest BCUT2D eigenvalue weighted by molar-refractivity contribution is 5.78. The van der Waals surface area contributed by atoms with E-state index in [1.165, 1.54) is 4.90 Å². The zero-order chi connectivity index (χ0) is 16.2. The molecule has 2 rings (SSSR count). The van der Waals surface area contributed by atoms with Gasteiger partial charge in [-0.3, -0.25) is 4.79 Å². The lowest BCUT2D eigenvalue weighted by Crippen LogP contribution is -2.30. The van der Waals surface area contributed by atoms with Gasteiger partial charge in [-0.05, 0) is 5.56 Å². The second-order valence-corrected chi connectivity index (χ2v) is 4.74. The lowest BCUT2D eigenvalue weighted by Gasteiger charge is -2.16. The van der Waals surface area contributed by atoms with Crippen molar-refractivity contribution >= 4 is 5.91 Å². The minimum absolute atomic E-state index is 0.0771. The summed E-state index contributed by atoms with van der Waals surface area (Å²) in [6.07, 6.45) is -4.33. The number of hydrogen-bond acceptors (Lipinski definition) is 4. The van der Waals surface area contributed by atoms with Crippen LogP contribution in [0.15, 0.2) is 34.9 Å². The first-order valence-electron chi connectivity index (χ1n) is 6.54. The van der Waals surface area contributed by atoms with Gasteiger partial charge >= 0.3 is 12.1 Å². The van der Waals surface area contributed by atoms with Gasteiger partial charge in [0.25, 0.3) is 0 Å². The highest BCUT2D eigenvalue weighted by Gasteiger charge is 2.38. The first kappa shape index (κ1) is 16.0. The minimum Gasteiger partial charge on any atom is -0.345 e. The van der Waals surface area contributed by atoms with E-state index in [0.717, 1.165) is 5.56 Å². The minimum atomic E-state index is -4.65. The quantitative estimate of drug-likeness (QED) is 0.850. The topological polar surface area (TPSA) is 59.2 Å². The van der Waals surface area contributed by atoms with Crippen LogP contribution in [0.5, 0.6) is 0 Å². The molecule has 5 nitrogen and oxygen atoms in total.